The molecule has 3 heteroatoms. The zero-order valence-corrected chi connectivity index (χ0v) is 10.7. The van der Waals surface area contributed by atoms with Crippen molar-refractivity contribution in [1.29, 1.82) is 0 Å². The van der Waals surface area contributed by atoms with E-state index >= 15 is 0 Å². The molecular weight excluding hydrogens is 190 g/mol. The Morgan fingerprint density at radius 3 is 2.20 bits per heavy atom. The Labute approximate surface area is 94.1 Å². The fourth-order valence-electron chi connectivity index (χ4n) is 1.95. The molecule has 0 bridgehead atoms. The van der Waals surface area contributed by atoms with Crippen LogP contribution in [0.4, 0.5) is 0 Å². The van der Waals surface area contributed by atoms with Crippen LogP contribution in [0.3, 0.4) is 0 Å². The molecular formula is C12H27NO2. The van der Waals surface area contributed by atoms with Gasteiger partial charge in [0.15, 0.2) is 0 Å². The van der Waals surface area contributed by atoms with E-state index in [1.54, 1.807) is 0 Å². The molecule has 0 aromatic carbocycles. The second-order valence-corrected chi connectivity index (χ2v) is 5.01. The van der Waals surface area contributed by atoms with Crippen molar-refractivity contribution in [3.8, 4) is 0 Å². The lowest BCUT2D eigenvalue weighted by atomic mass is 9.85. The Morgan fingerprint density at radius 1 is 1.27 bits per heavy atom. The normalized spacial score (nSPS) is 16.0. The number of hydrogen-bond acceptors (Lipinski definition) is 3. The first-order valence-corrected chi connectivity index (χ1v) is 5.95. The molecule has 0 fully saturated rings. The van der Waals surface area contributed by atoms with E-state index < -0.39 is 0 Å². The molecule has 0 amide bonds. The quantitative estimate of drug-likeness (QED) is 0.647. The summed E-state index contributed by atoms with van der Waals surface area (Å²) in [6, 6.07) is 0.417. The van der Waals surface area contributed by atoms with E-state index in [4.69, 9.17) is 5.11 Å². The predicted octanol–water partition coefficient (Wildman–Crippen LogP) is 1.49. The van der Waals surface area contributed by atoms with Gasteiger partial charge in [0.25, 0.3) is 0 Å². The van der Waals surface area contributed by atoms with E-state index in [9.17, 15) is 5.11 Å². The Balaban J connectivity index is 4.33. The zero-order chi connectivity index (χ0) is 11.9. The van der Waals surface area contributed by atoms with Crippen LogP contribution in [0.2, 0.25) is 0 Å². The average molecular weight is 217 g/mol. The smallest absolute Gasteiger partial charge is 0.0558 e. The SMILES string of the molecule is CCCC(C)(CO)CN(CCO)C(C)C. The molecule has 0 rings (SSSR count). The van der Waals surface area contributed by atoms with Gasteiger partial charge in [-0.25, -0.2) is 0 Å². The number of rotatable bonds is 8. The van der Waals surface area contributed by atoms with Crippen LogP contribution < -0.4 is 0 Å². The average Bonchev–Trinajstić information content (AvgIpc) is 2.17. The van der Waals surface area contributed by atoms with Gasteiger partial charge in [0.2, 0.25) is 0 Å². The van der Waals surface area contributed by atoms with Crippen LogP contribution in [0.5, 0.6) is 0 Å². The molecule has 0 saturated carbocycles. The molecule has 92 valence electrons. The Morgan fingerprint density at radius 2 is 1.87 bits per heavy atom. The van der Waals surface area contributed by atoms with Gasteiger partial charge in [0.05, 0.1) is 6.61 Å². The second kappa shape index (κ2) is 7.20. The topological polar surface area (TPSA) is 43.7 Å². The van der Waals surface area contributed by atoms with Crippen LogP contribution in [0.1, 0.15) is 40.5 Å². The van der Waals surface area contributed by atoms with Gasteiger partial charge in [-0.1, -0.05) is 20.3 Å². The summed E-state index contributed by atoms with van der Waals surface area (Å²) < 4.78 is 0. The number of aliphatic hydroxyl groups is 2. The van der Waals surface area contributed by atoms with Gasteiger partial charge in [0.1, 0.15) is 0 Å². The van der Waals surface area contributed by atoms with E-state index in [0.717, 1.165) is 19.4 Å². The first kappa shape index (κ1) is 14.9. The van der Waals surface area contributed by atoms with Crippen molar-refractivity contribution >= 4 is 0 Å². The molecule has 0 aliphatic heterocycles. The summed E-state index contributed by atoms with van der Waals surface area (Å²) in [4.78, 5) is 2.23. The van der Waals surface area contributed by atoms with Crippen LogP contribution in [0.15, 0.2) is 0 Å². The molecule has 1 atom stereocenters. The van der Waals surface area contributed by atoms with Crippen LogP contribution in [0.25, 0.3) is 0 Å². The first-order valence-electron chi connectivity index (χ1n) is 5.95. The van der Waals surface area contributed by atoms with Crippen molar-refractivity contribution in [2.45, 2.75) is 46.6 Å². The van der Waals surface area contributed by atoms with Crippen molar-refractivity contribution in [3.05, 3.63) is 0 Å². The molecule has 0 aliphatic carbocycles. The van der Waals surface area contributed by atoms with Crippen molar-refractivity contribution in [2.75, 3.05) is 26.3 Å². The Bertz CT molecular complexity index is 162. The molecule has 0 radical (unpaired) electrons. The van der Waals surface area contributed by atoms with Crippen molar-refractivity contribution < 1.29 is 10.2 Å². The molecule has 2 N–H and O–H groups in total. The van der Waals surface area contributed by atoms with Gasteiger partial charge in [-0.2, -0.15) is 0 Å². The Hall–Kier alpha value is -0.120. The third kappa shape index (κ3) is 5.50. The fourth-order valence-corrected chi connectivity index (χ4v) is 1.95. The minimum absolute atomic E-state index is 0.0335. The monoisotopic (exact) mass is 217 g/mol. The van der Waals surface area contributed by atoms with Crippen LogP contribution in [-0.4, -0.2) is 47.5 Å². The first-order chi connectivity index (χ1) is 6.99. The zero-order valence-electron chi connectivity index (χ0n) is 10.7. The van der Waals surface area contributed by atoms with Crippen molar-refractivity contribution in [3.63, 3.8) is 0 Å². The van der Waals surface area contributed by atoms with E-state index in [2.05, 4.69) is 32.6 Å². The lowest BCUT2D eigenvalue weighted by Crippen LogP contribution is -2.43. The standard InChI is InChI=1S/C12H27NO2/c1-5-6-12(4,10-15)9-13(7-8-14)11(2)3/h11,14-15H,5-10H2,1-4H3. The summed E-state index contributed by atoms with van der Waals surface area (Å²) >= 11 is 0. The molecule has 0 aromatic heterocycles. The molecule has 0 heterocycles. The molecule has 0 spiro atoms. The summed E-state index contributed by atoms with van der Waals surface area (Å²) in [7, 11) is 0. The summed E-state index contributed by atoms with van der Waals surface area (Å²) in [5, 5.41) is 18.4. The molecule has 1 unspecified atom stereocenters. The van der Waals surface area contributed by atoms with Gasteiger partial charge in [-0.05, 0) is 20.3 Å². The predicted molar refractivity (Wildman–Crippen MR) is 63.9 cm³/mol. The van der Waals surface area contributed by atoms with Gasteiger partial charge in [-0.3, -0.25) is 4.90 Å². The fraction of sp³-hybridized carbons (Fsp3) is 1.00. The third-order valence-electron chi connectivity index (χ3n) is 2.94. The van der Waals surface area contributed by atoms with Gasteiger partial charge in [-0.15, -0.1) is 0 Å². The maximum atomic E-state index is 9.43. The van der Waals surface area contributed by atoms with E-state index in [0.29, 0.717) is 12.6 Å². The molecule has 0 aliphatic rings. The lowest BCUT2D eigenvalue weighted by molar-refractivity contribution is 0.0564. The van der Waals surface area contributed by atoms with E-state index in [1.165, 1.54) is 0 Å². The largest absolute Gasteiger partial charge is 0.396 e. The highest BCUT2D eigenvalue weighted by Crippen LogP contribution is 2.24. The number of aliphatic hydroxyl groups excluding tert-OH is 2. The van der Waals surface area contributed by atoms with Crippen LogP contribution >= 0.6 is 0 Å². The van der Waals surface area contributed by atoms with Crippen molar-refractivity contribution in [2.24, 2.45) is 5.41 Å². The second-order valence-electron chi connectivity index (χ2n) is 5.01. The van der Waals surface area contributed by atoms with E-state index in [-0.39, 0.29) is 18.6 Å². The number of hydrogen-bond donors (Lipinski definition) is 2. The maximum absolute atomic E-state index is 9.43. The minimum atomic E-state index is -0.0335. The molecule has 15 heavy (non-hydrogen) atoms. The maximum Gasteiger partial charge on any atom is 0.0558 e. The molecule has 0 aromatic rings. The van der Waals surface area contributed by atoms with Gasteiger partial charge >= 0.3 is 0 Å². The van der Waals surface area contributed by atoms with Crippen LogP contribution in [-0.2, 0) is 0 Å². The minimum Gasteiger partial charge on any atom is -0.396 e. The third-order valence-corrected chi connectivity index (χ3v) is 2.94. The summed E-state index contributed by atoms with van der Waals surface area (Å²) in [5.41, 5.74) is -0.0335. The number of nitrogens with zero attached hydrogens (tertiary/aromatic N) is 1. The summed E-state index contributed by atoms with van der Waals surface area (Å²) in [5.74, 6) is 0. The Kier molecular flexibility index (Phi) is 7.14. The lowest BCUT2D eigenvalue weighted by Gasteiger charge is -2.36. The van der Waals surface area contributed by atoms with E-state index in [1.807, 2.05) is 0 Å². The summed E-state index contributed by atoms with van der Waals surface area (Å²) in [6.45, 7) is 10.5. The molecule has 0 saturated heterocycles. The highest BCUT2D eigenvalue weighted by Gasteiger charge is 2.26. The van der Waals surface area contributed by atoms with Gasteiger partial charge < -0.3 is 10.2 Å². The van der Waals surface area contributed by atoms with Gasteiger partial charge in [0, 0.05) is 31.2 Å². The van der Waals surface area contributed by atoms with Crippen LogP contribution in [0, 0.1) is 5.41 Å². The van der Waals surface area contributed by atoms with Crippen molar-refractivity contribution in [1.82, 2.24) is 4.90 Å². The summed E-state index contributed by atoms with van der Waals surface area (Å²) in [6.07, 6.45) is 2.11. The molecule has 3 nitrogen and oxygen atoms in total. The highest BCUT2D eigenvalue weighted by atomic mass is 16.3. The highest BCUT2D eigenvalue weighted by molar-refractivity contribution is 4.79.